The molecule has 0 aliphatic heterocycles. The van der Waals surface area contributed by atoms with Gasteiger partial charge in [-0.2, -0.15) is 0 Å². The van der Waals surface area contributed by atoms with Crippen molar-refractivity contribution in [3.05, 3.63) is 70.8 Å². The molecule has 0 radical (unpaired) electrons. The Morgan fingerprint density at radius 1 is 0.950 bits per heavy atom. The molecule has 2 aromatic rings. The summed E-state index contributed by atoms with van der Waals surface area (Å²) >= 11 is 0. The minimum absolute atomic E-state index is 0.288. The summed E-state index contributed by atoms with van der Waals surface area (Å²) in [5, 5.41) is 0. The molecule has 102 valence electrons. The van der Waals surface area contributed by atoms with Gasteiger partial charge in [0.25, 0.3) is 0 Å². The molecule has 0 spiro atoms. The van der Waals surface area contributed by atoms with Gasteiger partial charge in [-0.3, -0.25) is 4.79 Å². The average molecular weight is 264 g/mol. The average Bonchev–Trinajstić information content (AvgIpc) is 2.95. The fourth-order valence-corrected chi connectivity index (χ4v) is 2.99. The van der Waals surface area contributed by atoms with Crippen molar-refractivity contribution in [2.75, 3.05) is 0 Å². The molecule has 3 rings (SSSR count). The molecule has 0 fully saturated rings. The summed E-state index contributed by atoms with van der Waals surface area (Å²) in [4.78, 5) is 12.2. The Hall–Kier alpha value is -1.89. The van der Waals surface area contributed by atoms with Gasteiger partial charge >= 0.3 is 0 Å². The molecule has 0 saturated carbocycles. The van der Waals surface area contributed by atoms with Crippen LogP contribution in [-0.2, 0) is 19.3 Å². The van der Waals surface area contributed by atoms with Crippen LogP contribution in [0.15, 0.2) is 48.5 Å². The van der Waals surface area contributed by atoms with Crippen molar-refractivity contribution in [3.8, 4) is 0 Å². The van der Waals surface area contributed by atoms with Crippen LogP contribution in [0, 0.1) is 0 Å². The van der Waals surface area contributed by atoms with E-state index in [1.54, 1.807) is 0 Å². The van der Waals surface area contributed by atoms with Crippen molar-refractivity contribution in [3.63, 3.8) is 0 Å². The van der Waals surface area contributed by atoms with Gasteiger partial charge in [-0.25, -0.2) is 0 Å². The quantitative estimate of drug-likeness (QED) is 0.732. The lowest BCUT2D eigenvalue weighted by Crippen LogP contribution is -2.01. The molecule has 0 N–H and O–H groups in total. The maximum atomic E-state index is 12.2. The Morgan fingerprint density at radius 2 is 1.75 bits per heavy atom. The Bertz CT molecular complexity index is 598. The van der Waals surface area contributed by atoms with Crippen LogP contribution in [0.1, 0.15) is 46.3 Å². The summed E-state index contributed by atoms with van der Waals surface area (Å²) in [6.07, 6.45) is 6.12. The highest BCUT2D eigenvalue weighted by atomic mass is 16.1. The third-order valence-corrected chi connectivity index (χ3v) is 4.13. The molecule has 0 heterocycles. The van der Waals surface area contributed by atoms with Gasteiger partial charge in [0.15, 0.2) is 5.78 Å². The van der Waals surface area contributed by atoms with Gasteiger partial charge in [0.05, 0.1) is 0 Å². The zero-order valence-corrected chi connectivity index (χ0v) is 11.8. The van der Waals surface area contributed by atoms with Crippen molar-refractivity contribution in [2.45, 2.75) is 38.5 Å². The second kappa shape index (κ2) is 6.04. The van der Waals surface area contributed by atoms with Crippen molar-refractivity contribution < 1.29 is 4.79 Å². The van der Waals surface area contributed by atoms with E-state index in [1.165, 1.54) is 29.5 Å². The first-order chi connectivity index (χ1) is 9.83. The van der Waals surface area contributed by atoms with E-state index in [0.717, 1.165) is 24.8 Å². The first kappa shape index (κ1) is 13.1. The molecule has 20 heavy (non-hydrogen) atoms. The van der Waals surface area contributed by atoms with Crippen LogP contribution < -0.4 is 0 Å². The van der Waals surface area contributed by atoms with Gasteiger partial charge in [-0.05, 0) is 54.9 Å². The standard InChI is InChI=1S/C19H20O/c20-19(11-4-8-15-6-2-1-3-7-15)18-13-12-16-9-5-10-17(16)14-18/h1-3,6-7,12-14H,4-5,8-11H2. The van der Waals surface area contributed by atoms with Crippen LogP contribution in [0.25, 0.3) is 0 Å². The lowest BCUT2D eigenvalue weighted by atomic mass is 9.99. The highest BCUT2D eigenvalue weighted by Crippen LogP contribution is 2.23. The normalized spacial score (nSPS) is 13.2. The van der Waals surface area contributed by atoms with E-state index in [-0.39, 0.29) is 5.78 Å². The van der Waals surface area contributed by atoms with Crippen LogP contribution in [0.5, 0.6) is 0 Å². The number of ketones is 1. The van der Waals surface area contributed by atoms with E-state index in [4.69, 9.17) is 0 Å². The first-order valence-corrected chi connectivity index (χ1v) is 7.52. The topological polar surface area (TPSA) is 17.1 Å². The molecular weight excluding hydrogens is 244 g/mol. The summed E-state index contributed by atoms with van der Waals surface area (Å²) in [6.45, 7) is 0. The van der Waals surface area contributed by atoms with Crippen molar-refractivity contribution in [1.82, 2.24) is 0 Å². The largest absolute Gasteiger partial charge is 0.294 e. The summed E-state index contributed by atoms with van der Waals surface area (Å²) in [7, 11) is 0. The minimum Gasteiger partial charge on any atom is -0.294 e. The summed E-state index contributed by atoms with van der Waals surface area (Å²) in [5.41, 5.74) is 5.04. The number of aryl methyl sites for hydroxylation is 3. The Morgan fingerprint density at radius 3 is 2.60 bits per heavy atom. The predicted octanol–water partition coefficient (Wildman–Crippen LogP) is 4.38. The second-order valence-corrected chi connectivity index (χ2v) is 5.60. The second-order valence-electron chi connectivity index (χ2n) is 5.60. The molecule has 0 aromatic heterocycles. The summed E-state index contributed by atoms with van der Waals surface area (Å²) in [6, 6.07) is 16.7. The van der Waals surface area contributed by atoms with Crippen LogP contribution in [0.3, 0.4) is 0 Å². The molecular formula is C19H20O. The van der Waals surface area contributed by atoms with E-state index >= 15 is 0 Å². The van der Waals surface area contributed by atoms with Gasteiger partial charge < -0.3 is 0 Å². The van der Waals surface area contributed by atoms with Crippen LogP contribution in [0.2, 0.25) is 0 Å². The van der Waals surface area contributed by atoms with Crippen LogP contribution >= 0.6 is 0 Å². The zero-order valence-electron chi connectivity index (χ0n) is 11.8. The molecule has 0 amide bonds. The Labute approximate surface area is 120 Å². The number of hydrogen-bond acceptors (Lipinski definition) is 1. The fourth-order valence-electron chi connectivity index (χ4n) is 2.99. The number of hydrogen-bond donors (Lipinski definition) is 0. The first-order valence-electron chi connectivity index (χ1n) is 7.52. The van der Waals surface area contributed by atoms with Crippen molar-refractivity contribution in [2.24, 2.45) is 0 Å². The minimum atomic E-state index is 0.288. The predicted molar refractivity (Wildman–Crippen MR) is 82.2 cm³/mol. The molecule has 1 heteroatoms. The highest BCUT2D eigenvalue weighted by Gasteiger charge is 2.13. The van der Waals surface area contributed by atoms with Crippen molar-refractivity contribution >= 4 is 5.78 Å². The Balaban J connectivity index is 1.57. The third kappa shape index (κ3) is 2.98. The molecule has 0 bridgehead atoms. The van der Waals surface area contributed by atoms with Crippen LogP contribution in [0.4, 0.5) is 0 Å². The Kier molecular flexibility index (Phi) is 3.96. The van der Waals surface area contributed by atoms with Gasteiger partial charge in [0.2, 0.25) is 0 Å². The lowest BCUT2D eigenvalue weighted by molar-refractivity contribution is 0.0980. The van der Waals surface area contributed by atoms with E-state index in [2.05, 4.69) is 36.4 Å². The molecule has 0 saturated heterocycles. The molecule has 1 aliphatic carbocycles. The molecule has 1 nitrogen and oxygen atoms in total. The van der Waals surface area contributed by atoms with E-state index in [9.17, 15) is 4.79 Å². The van der Waals surface area contributed by atoms with E-state index < -0.39 is 0 Å². The molecule has 0 atom stereocenters. The third-order valence-electron chi connectivity index (χ3n) is 4.13. The maximum absolute atomic E-state index is 12.2. The van der Waals surface area contributed by atoms with E-state index in [1.807, 2.05) is 12.1 Å². The number of fused-ring (bicyclic) bond motifs is 1. The number of benzene rings is 2. The lowest BCUT2D eigenvalue weighted by Gasteiger charge is -2.05. The highest BCUT2D eigenvalue weighted by molar-refractivity contribution is 5.96. The summed E-state index contributed by atoms with van der Waals surface area (Å²) in [5.74, 6) is 0.288. The van der Waals surface area contributed by atoms with Gasteiger partial charge in [-0.15, -0.1) is 0 Å². The van der Waals surface area contributed by atoms with Crippen molar-refractivity contribution in [1.29, 1.82) is 0 Å². The van der Waals surface area contributed by atoms with Gasteiger partial charge in [0, 0.05) is 12.0 Å². The molecule has 2 aromatic carbocycles. The number of carbonyl (C=O) groups excluding carboxylic acids is 1. The molecule has 0 unspecified atom stereocenters. The molecule has 1 aliphatic rings. The van der Waals surface area contributed by atoms with Gasteiger partial charge in [0.1, 0.15) is 0 Å². The van der Waals surface area contributed by atoms with Gasteiger partial charge in [-0.1, -0.05) is 42.5 Å². The number of rotatable bonds is 5. The number of carbonyl (C=O) groups is 1. The van der Waals surface area contributed by atoms with Crippen LogP contribution in [-0.4, -0.2) is 5.78 Å². The number of Topliss-reactive ketones (excluding diaryl/α,β-unsaturated/α-hetero) is 1. The maximum Gasteiger partial charge on any atom is 0.162 e. The zero-order chi connectivity index (χ0) is 13.8. The fraction of sp³-hybridized carbons (Fsp3) is 0.316. The summed E-state index contributed by atoms with van der Waals surface area (Å²) < 4.78 is 0. The SMILES string of the molecule is O=C(CCCc1ccccc1)c1ccc2c(c1)CCC2. The monoisotopic (exact) mass is 264 g/mol. The smallest absolute Gasteiger partial charge is 0.162 e. The van der Waals surface area contributed by atoms with E-state index in [0.29, 0.717) is 6.42 Å².